The summed E-state index contributed by atoms with van der Waals surface area (Å²) in [5.74, 6) is 1.21. The molecule has 4 aromatic carbocycles. The Kier molecular flexibility index (Phi) is 10.0. The Morgan fingerprint density at radius 2 is 1.00 bits per heavy atom. The first-order chi connectivity index (χ1) is 19.7. The van der Waals surface area contributed by atoms with E-state index in [9.17, 15) is 4.79 Å². The molecule has 1 aliphatic rings. The third-order valence-corrected chi connectivity index (χ3v) is 7.69. The SMILES string of the molecule is O=C(Oc1ccc(CCc2ccccc2)cc1)C1CCC(OCOc2ccc(CCc3ccccc3)cc2)CC1. The van der Waals surface area contributed by atoms with Gasteiger partial charge in [-0.2, -0.15) is 0 Å². The van der Waals surface area contributed by atoms with E-state index in [1.54, 1.807) is 0 Å². The minimum Gasteiger partial charge on any atom is -0.468 e. The largest absolute Gasteiger partial charge is 0.468 e. The molecule has 40 heavy (non-hydrogen) atoms. The van der Waals surface area contributed by atoms with Gasteiger partial charge in [-0.3, -0.25) is 4.79 Å². The molecule has 0 unspecified atom stereocenters. The monoisotopic (exact) mass is 534 g/mol. The van der Waals surface area contributed by atoms with E-state index in [1.165, 1.54) is 22.3 Å². The third kappa shape index (κ3) is 8.56. The van der Waals surface area contributed by atoms with Gasteiger partial charge in [0.25, 0.3) is 0 Å². The van der Waals surface area contributed by atoms with E-state index in [1.807, 2.05) is 36.4 Å². The molecule has 4 aromatic rings. The molecule has 0 aromatic heterocycles. The summed E-state index contributed by atoms with van der Waals surface area (Å²) < 4.78 is 17.5. The summed E-state index contributed by atoms with van der Waals surface area (Å²) in [6.07, 6.45) is 7.32. The average Bonchev–Trinajstić information content (AvgIpc) is 3.02. The number of esters is 1. The van der Waals surface area contributed by atoms with Crippen molar-refractivity contribution < 1.29 is 19.0 Å². The maximum atomic E-state index is 12.7. The van der Waals surface area contributed by atoms with E-state index in [-0.39, 0.29) is 24.8 Å². The van der Waals surface area contributed by atoms with Gasteiger partial charge in [0, 0.05) is 0 Å². The molecule has 0 radical (unpaired) electrons. The van der Waals surface area contributed by atoms with E-state index < -0.39 is 0 Å². The van der Waals surface area contributed by atoms with Gasteiger partial charge in [0.2, 0.25) is 0 Å². The number of benzene rings is 4. The fraction of sp³-hybridized carbons (Fsp3) is 0.306. The lowest BCUT2D eigenvalue weighted by Gasteiger charge is -2.27. The fourth-order valence-electron chi connectivity index (χ4n) is 5.21. The molecule has 4 heteroatoms. The number of hydrogen-bond acceptors (Lipinski definition) is 4. The Labute approximate surface area is 237 Å². The average molecular weight is 535 g/mol. The van der Waals surface area contributed by atoms with Crippen LogP contribution in [0.25, 0.3) is 0 Å². The van der Waals surface area contributed by atoms with Crippen molar-refractivity contribution in [3.63, 3.8) is 0 Å². The zero-order chi connectivity index (χ0) is 27.4. The predicted molar refractivity (Wildman–Crippen MR) is 159 cm³/mol. The highest BCUT2D eigenvalue weighted by Gasteiger charge is 2.28. The number of carbonyl (C=O) groups is 1. The Morgan fingerprint density at radius 1 is 0.550 bits per heavy atom. The highest BCUT2D eigenvalue weighted by atomic mass is 16.7. The van der Waals surface area contributed by atoms with Crippen LogP contribution < -0.4 is 9.47 Å². The lowest BCUT2D eigenvalue weighted by molar-refractivity contribution is -0.141. The second kappa shape index (κ2) is 14.5. The molecule has 1 saturated carbocycles. The van der Waals surface area contributed by atoms with Crippen molar-refractivity contribution >= 4 is 5.97 Å². The lowest BCUT2D eigenvalue weighted by Crippen LogP contribution is -2.29. The molecule has 0 heterocycles. The number of ether oxygens (including phenoxy) is 3. The van der Waals surface area contributed by atoms with Crippen LogP contribution >= 0.6 is 0 Å². The highest BCUT2D eigenvalue weighted by molar-refractivity contribution is 5.75. The summed E-state index contributed by atoms with van der Waals surface area (Å²) in [6, 6.07) is 37.2. The summed E-state index contributed by atoms with van der Waals surface area (Å²) in [5.41, 5.74) is 5.21. The maximum Gasteiger partial charge on any atom is 0.314 e. The van der Waals surface area contributed by atoms with Crippen molar-refractivity contribution in [2.75, 3.05) is 6.79 Å². The Bertz CT molecular complexity index is 1290. The van der Waals surface area contributed by atoms with Gasteiger partial charge in [-0.15, -0.1) is 0 Å². The van der Waals surface area contributed by atoms with Crippen LogP contribution in [0, 0.1) is 5.92 Å². The van der Waals surface area contributed by atoms with Gasteiger partial charge >= 0.3 is 5.97 Å². The van der Waals surface area contributed by atoms with Crippen molar-refractivity contribution in [1.29, 1.82) is 0 Å². The van der Waals surface area contributed by atoms with E-state index in [0.717, 1.165) is 57.1 Å². The molecule has 206 valence electrons. The first kappa shape index (κ1) is 27.7. The van der Waals surface area contributed by atoms with Crippen LogP contribution in [0.5, 0.6) is 11.5 Å². The zero-order valence-electron chi connectivity index (χ0n) is 23.0. The van der Waals surface area contributed by atoms with Gasteiger partial charge in [-0.25, -0.2) is 0 Å². The first-order valence-electron chi connectivity index (χ1n) is 14.4. The molecule has 4 nitrogen and oxygen atoms in total. The number of carbonyl (C=O) groups excluding carboxylic acids is 1. The van der Waals surface area contributed by atoms with Crippen LogP contribution in [0.1, 0.15) is 47.9 Å². The number of hydrogen-bond donors (Lipinski definition) is 0. The fourth-order valence-corrected chi connectivity index (χ4v) is 5.21. The van der Waals surface area contributed by atoms with Gasteiger partial charge in [0.1, 0.15) is 11.5 Å². The molecule has 0 amide bonds. The number of aryl methyl sites for hydroxylation is 4. The number of rotatable bonds is 12. The summed E-state index contributed by atoms with van der Waals surface area (Å²) >= 11 is 0. The van der Waals surface area contributed by atoms with Crippen LogP contribution in [0.15, 0.2) is 109 Å². The van der Waals surface area contributed by atoms with Crippen LogP contribution in [-0.2, 0) is 35.2 Å². The van der Waals surface area contributed by atoms with Crippen molar-refractivity contribution in [1.82, 2.24) is 0 Å². The second-order valence-electron chi connectivity index (χ2n) is 10.6. The van der Waals surface area contributed by atoms with Crippen LogP contribution in [-0.4, -0.2) is 18.9 Å². The topological polar surface area (TPSA) is 44.8 Å². The van der Waals surface area contributed by atoms with Crippen molar-refractivity contribution in [3.05, 3.63) is 131 Å². The van der Waals surface area contributed by atoms with E-state index >= 15 is 0 Å². The molecule has 0 saturated heterocycles. The molecular weight excluding hydrogens is 496 g/mol. The van der Waals surface area contributed by atoms with Gasteiger partial charge in [0.05, 0.1) is 12.0 Å². The summed E-state index contributed by atoms with van der Waals surface area (Å²) in [5, 5.41) is 0. The Balaban J connectivity index is 0.969. The molecule has 5 rings (SSSR count). The normalized spacial score (nSPS) is 16.8. The summed E-state index contributed by atoms with van der Waals surface area (Å²) in [4.78, 5) is 12.7. The molecule has 1 aliphatic carbocycles. The first-order valence-corrected chi connectivity index (χ1v) is 14.4. The smallest absolute Gasteiger partial charge is 0.314 e. The molecule has 0 aliphatic heterocycles. The van der Waals surface area contributed by atoms with Gasteiger partial charge in [0.15, 0.2) is 6.79 Å². The molecular formula is C36H38O4. The molecule has 0 atom stereocenters. The van der Waals surface area contributed by atoms with E-state index in [2.05, 4.69) is 72.8 Å². The lowest BCUT2D eigenvalue weighted by atomic mass is 9.87. The van der Waals surface area contributed by atoms with Crippen molar-refractivity contribution in [3.8, 4) is 11.5 Å². The van der Waals surface area contributed by atoms with Gasteiger partial charge in [-0.1, -0.05) is 84.9 Å². The minimum atomic E-state index is -0.140. The van der Waals surface area contributed by atoms with Crippen LogP contribution in [0.2, 0.25) is 0 Å². The predicted octanol–water partition coefficient (Wildman–Crippen LogP) is 7.77. The zero-order valence-corrected chi connectivity index (χ0v) is 23.0. The highest BCUT2D eigenvalue weighted by Crippen LogP contribution is 2.28. The maximum absolute atomic E-state index is 12.7. The van der Waals surface area contributed by atoms with Crippen molar-refractivity contribution in [2.45, 2.75) is 57.5 Å². The van der Waals surface area contributed by atoms with Crippen molar-refractivity contribution in [2.24, 2.45) is 5.92 Å². The molecule has 0 N–H and O–H groups in total. The van der Waals surface area contributed by atoms with E-state index in [4.69, 9.17) is 14.2 Å². The molecule has 1 fully saturated rings. The Hall–Kier alpha value is -3.89. The van der Waals surface area contributed by atoms with Crippen LogP contribution in [0.4, 0.5) is 0 Å². The van der Waals surface area contributed by atoms with Gasteiger partial charge < -0.3 is 14.2 Å². The summed E-state index contributed by atoms with van der Waals surface area (Å²) in [6.45, 7) is 0.222. The Morgan fingerprint density at radius 3 is 1.50 bits per heavy atom. The quantitative estimate of drug-likeness (QED) is 0.106. The molecule has 0 spiro atoms. The van der Waals surface area contributed by atoms with E-state index in [0.29, 0.717) is 5.75 Å². The minimum absolute atomic E-state index is 0.0815. The second-order valence-corrected chi connectivity index (χ2v) is 10.6. The third-order valence-electron chi connectivity index (χ3n) is 7.69. The van der Waals surface area contributed by atoms with Crippen LogP contribution in [0.3, 0.4) is 0 Å². The molecule has 0 bridgehead atoms. The standard InChI is InChI=1S/C36H38O4/c37-36(40-35-23-17-31(18-24-35)14-12-29-9-5-2-6-10-29)32-19-25-34(26-20-32)39-27-38-33-21-15-30(16-22-33)13-11-28-7-3-1-4-8-28/h1-10,15-18,21-24,32,34H,11-14,19-20,25-27H2. The van der Waals surface area contributed by atoms with Gasteiger partial charge in [-0.05, 0) is 97.9 Å². The summed E-state index contributed by atoms with van der Waals surface area (Å²) in [7, 11) is 0.